The summed E-state index contributed by atoms with van der Waals surface area (Å²) in [7, 11) is 3.37. The fourth-order valence-corrected chi connectivity index (χ4v) is 2.16. The molecule has 0 radical (unpaired) electrons. The van der Waals surface area contributed by atoms with Crippen molar-refractivity contribution in [1.29, 1.82) is 0 Å². The Morgan fingerprint density at radius 1 is 1.25 bits per heavy atom. The molecule has 0 bridgehead atoms. The summed E-state index contributed by atoms with van der Waals surface area (Å²) in [6.45, 7) is 2.67. The molecule has 0 unspecified atom stereocenters. The molecule has 2 aromatic rings. The fourth-order valence-electron chi connectivity index (χ4n) is 2.16. The quantitative estimate of drug-likeness (QED) is 0.869. The van der Waals surface area contributed by atoms with E-state index >= 15 is 0 Å². The van der Waals surface area contributed by atoms with Crippen LogP contribution in [0, 0.1) is 12.7 Å². The van der Waals surface area contributed by atoms with Gasteiger partial charge in [0.25, 0.3) is 0 Å². The first-order valence-corrected chi connectivity index (χ1v) is 6.41. The largest absolute Gasteiger partial charge is 0.495 e. The highest BCUT2D eigenvalue weighted by molar-refractivity contribution is 5.63. The molecule has 0 aliphatic heterocycles. The molecule has 3 nitrogen and oxygen atoms in total. The van der Waals surface area contributed by atoms with E-state index < -0.39 is 0 Å². The van der Waals surface area contributed by atoms with E-state index in [2.05, 4.69) is 0 Å². The zero-order valence-electron chi connectivity index (χ0n) is 12.0. The van der Waals surface area contributed by atoms with Crippen molar-refractivity contribution in [2.24, 2.45) is 0 Å². The summed E-state index contributed by atoms with van der Waals surface area (Å²) in [6, 6.07) is 11.0. The molecule has 0 amide bonds. The number of aryl methyl sites for hydroxylation is 1. The van der Waals surface area contributed by atoms with Gasteiger partial charge in [0.05, 0.1) is 18.5 Å². The number of anilines is 2. The SMILES string of the molecule is COc1cc(N(C)Cc2ccccc2C)c(F)cc1N. The van der Waals surface area contributed by atoms with Crippen LogP contribution in [0.4, 0.5) is 15.8 Å². The van der Waals surface area contributed by atoms with E-state index in [4.69, 9.17) is 10.5 Å². The molecular weight excluding hydrogens is 255 g/mol. The van der Waals surface area contributed by atoms with Gasteiger partial charge in [0.1, 0.15) is 11.6 Å². The van der Waals surface area contributed by atoms with Gasteiger partial charge in [-0.05, 0) is 18.1 Å². The van der Waals surface area contributed by atoms with E-state index in [1.165, 1.54) is 18.7 Å². The molecule has 2 aromatic carbocycles. The molecule has 0 fully saturated rings. The minimum absolute atomic E-state index is 0.304. The van der Waals surface area contributed by atoms with Crippen molar-refractivity contribution in [3.8, 4) is 5.75 Å². The van der Waals surface area contributed by atoms with Crippen LogP contribution in [0.2, 0.25) is 0 Å². The van der Waals surface area contributed by atoms with Crippen molar-refractivity contribution >= 4 is 11.4 Å². The summed E-state index contributed by atoms with van der Waals surface area (Å²) in [6.07, 6.45) is 0. The van der Waals surface area contributed by atoms with E-state index in [0.29, 0.717) is 23.7 Å². The highest BCUT2D eigenvalue weighted by Gasteiger charge is 2.13. The van der Waals surface area contributed by atoms with Gasteiger partial charge in [0.2, 0.25) is 0 Å². The maximum absolute atomic E-state index is 14.0. The second-order valence-electron chi connectivity index (χ2n) is 4.83. The number of methoxy groups -OCH3 is 1. The summed E-state index contributed by atoms with van der Waals surface area (Å²) in [5.74, 6) is 0.136. The van der Waals surface area contributed by atoms with Crippen LogP contribution >= 0.6 is 0 Å². The van der Waals surface area contributed by atoms with Crippen molar-refractivity contribution in [3.63, 3.8) is 0 Å². The van der Waals surface area contributed by atoms with Crippen molar-refractivity contribution in [2.45, 2.75) is 13.5 Å². The molecule has 106 valence electrons. The Kier molecular flexibility index (Phi) is 4.13. The Balaban J connectivity index is 2.30. The Bertz CT molecular complexity index is 613. The summed E-state index contributed by atoms with van der Waals surface area (Å²) < 4.78 is 19.2. The summed E-state index contributed by atoms with van der Waals surface area (Å²) in [5.41, 5.74) is 8.81. The third kappa shape index (κ3) is 2.85. The smallest absolute Gasteiger partial charge is 0.148 e. The molecule has 4 heteroatoms. The van der Waals surface area contributed by atoms with Gasteiger partial charge in [-0.25, -0.2) is 4.39 Å². The molecule has 20 heavy (non-hydrogen) atoms. The van der Waals surface area contributed by atoms with Gasteiger partial charge in [-0.1, -0.05) is 24.3 Å². The van der Waals surface area contributed by atoms with Crippen LogP contribution in [0.1, 0.15) is 11.1 Å². The van der Waals surface area contributed by atoms with Crippen molar-refractivity contribution in [3.05, 3.63) is 53.3 Å². The number of hydrogen-bond acceptors (Lipinski definition) is 3. The van der Waals surface area contributed by atoms with Crippen LogP contribution in [-0.2, 0) is 6.54 Å². The summed E-state index contributed by atoms with van der Waals surface area (Å²) in [4.78, 5) is 1.85. The molecule has 0 saturated carbocycles. The zero-order valence-corrected chi connectivity index (χ0v) is 12.0. The second kappa shape index (κ2) is 5.82. The average Bonchev–Trinajstić information content (AvgIpc) is 2.41. The lowest BCUT2D eigenvalue weighted by Gasteiger charge is -2.22. The Hall–Kier alpha value is -2.23. The van der Waals surface area contributed by atoms with Gasteiger partial charge in [-0.15, -0.1) is 0 Å². The van der Waals surface area contributed by atoms with Crippen LogP contribution in [0.25, 0.3) is 0 Å². The molecule has 0 heterocycles. The fraction of sp³-hybridized carbons (Fsp3) is 0.250. The number of ether oxygens (including phenoxy) is 1. The maximum atomic E-state index is 14.0. The maximum Gasteiger partial charge on any atom is 0.148 e. The second-order valence-corrected chi connectivity index (χ2v) is 4.83. The first-order valence-electron chi connectivity index (χ1n) is 6.41. The van der Waals surface area contributed by atoms with E-state index in [1.54, 1.807) is 6.07 Å². The van der Waals surface area contributed by atoms with Gasteiger partial charge in [0.15, 0.2) is 0 Å². The monoisotopic (exact) mass is 274 g/mol. The van der Waals surface area contributed by atoms with Gasteiger partial charge in [-0.2, -0.15) is 0 Å². The van der Waals surface area contributed by atoms with Crippen molar-refractivity contribution in [1.82, 2.24) is 0 Å². The van der Waals surface area contributed by atoms with E-state index in [1.807, 2.05) is 43.1 Å². The first kappa shape index (κ1) is 14.2. The van der Waals surface area contributed by atoms with Crippen LogP contribution in [0.3, 0.4) is 0 Å². The van der Waals surface area contributed by atoms with Gasteiger partial charge < -0.3 is 15.4 Å². The van der Waals surface area contributed by atoms with Gasteiger partial charge >= 0.3 is 0 Å². The van der Waals surface area contributed by atoms with Crippen LogP contribution in [-0.4, -0.2) is 14.2 Å². The number of nitrogen functional groups attached to an aromatic ring is 1. The number of hydrogen-bond donors (Lipinski definition) is 1. The van der Waals surface area contributed by atoms with E-state index in [0.717, 1.165) is 5.56 Å². The lowest BCUT2D eigenvalue weighted by atomic mass is 10.1. The molecule has 0 spiro atoms. The van der Waals surface area contributed by atoms with E-state index in [-0.39, 0.29) is 5.82 Å². The van der Waals surface area contributed by atoms with Crippen LogP contribution in [0.15, 0.2) is 36.4 Å². The van der Waals surface area contributed by atoms with Gasteiger partial charge in [0, 0.05) is 25.7 Å². The number of halogens is 1. The Morgan fingerprint density at radius 2 is 1.95 bits per heavy atom. The zero-order chi connectivity index (χ0) is 14.7. The summed E-state index contributed by atoms with van der Waals surface area (Å²) in [5, 5.41) is 0. The predicted octanol–water partition coefficient (Wildman–Crippen LogP) is 3.36. The average molecular weight is 274 g/mol. The molecule has 2 N–H and O–H groups in total. The number of nitrogens with two attached hydrogens (primary N) is 1. The Morgan fingerprint density at radius 3 is 2.60 bits per heavy atom. The highest BCUT2D eigenvalue weighted by atomic mass is 19.1. The first-order chi connectivity index (χ1) is 9.52. The molecule has 0 saturated heterocycles. The van der Waals surface area contributed by atoms with Crippen LogP contribution < -0.4 is 15.4 Å². The molecule has 0 aliphatic rings. The van der Waals surface area contributed by atoms with Crippen molar-refractivity contribution in [2.75, 3.05) is 24.8 Å². The standard InChI is InChI=1S/C16H19FN2O/c1-11-6-4-5-7-12(11)10-19(2)15-9-16(20-3)14(18)8-13(15)17/h4-9H,10,18H2,1-3H3. The molecule has 0 aromatic heterocycles. The molecule has 0 atom stereocenters. The third-order valence-corrected chi connectivity index (χ3v) is 3.38. The number of nitrogens with zero attached hydrogens (tertiary/aromatic N) is 1. The molecular formula is C16H19FN2O. The predicted molar refractivity (Wildman–Crippen MR) is 80.7 cm³/mol. The normalized spacial score (nSPS) is 10.4. The van der Waals surface area contributed by atoms with Gasteiger partial charge in [-0.3, -0.25) is 0 Å². The minimum Gasteiger partial charge on any atom is -0.495 e. The lowest BCUT2D eigenvalue weighted by molar-refractivity contribution is 0.416. The molecule has 0 aliphatic carbocycles. The van der Waals surface area contributed by atoms with Crippen LogP contribution in [0.5, 0.6) is 5.75 Å². The Labute approximate surface area is 118 Å². The minimum atomic E-state index is -0.348. The lowest BCUT2D eigenvalue weighted by Crippen LogP contribution is -2.18. The molecule has 2 rings (SSSR count). The highest BCUT2D eigenvalue weighted by Crippen LogP contribution is 2.31. The third-order valence-electron chi connectivity index (χ3n) is 3.38. The van der Waals surface area contributed by atoms with E-state index in [9.17, 15) is 4.39 Å². The summed E-state index contributed by atoms with van der Waals surface area (Å²) >= 11 is 0. The van der Waals surface area contributed by atoms with Crippen molar-refractivity contribution < 1.29 is 9.13 Å². The topological polar surface area (TPSA) is 38.5 Å². The number of rotatable bonds is 4. The number of benzene rings is 2.